The molecule has 1 heterocycles. The zero-order valence-electron chi connectivity index (χ0n) is 14.3. The van der Waals surface area contributed by atoms with Gasteiger partial charge in [0, 0.05) is 0 Å². The van der Waals surface area contributed by atoms with Crippen molar-refractivity contribution in [1.29, 1.82) is 0 Å². The molecule has 1 aromatic carbocycles. The molecular formula is C20H21FN2O2. The topological polar surface area (TPSA) is 44.1 Å². The van der Waals surface area contributed by atoms with Crippen LogP contribution in [0.5, 0.6) is 0 Å². The van der Waals surface area contributed by atoms with E-state index in [1.165, 1.54) is 12.1 Å². The van der Waals surface area contributed by atoms with Crippen LogP contribution in [0.3, 0.4) is 0 Å². The Morgan fingerprint density at radius 1 is 1.32 bits per heavy atom. The molecule has 1 atom stereocenters. The minimum absolute atomic E-state index is 0.110. The summed E-state index contributed by atoms with van der Waals surface area (Å²) in [5, 5.41) is 4.49. The molecule has 0 N–H and O–H groups in total. The first kappa shape index (κ1) is 16.1. The standard InChI is InChI=1S/C20H21FN2O2/c1-2-25-19(24)20-10-4-3-5-15(20)11-18-14(12-20)13-22-23(18)17-8-6-16(21)7-9-17/h6-9,11,13H,2-5,10,12H2,1H3/t20-/m1/s1. The third kappa shape index (κ3) is 2.58. The van der Waals surface area contributed by atoms with Crippen molar-refractivity contribution >= 4 is 12.0 Å². The Labute approximate surface area is 146 Å². The molecule has 0 amide bonds. The summed E-state index contributed by atoms with van der Waals surface area (Å²) in [6.45, 7) is 2.25. The third-order valence-corrected chi connectivity index (χ3v) is 5.34. The number of ether oxygens (including phenoxy) is 1. The van der Waals surface area contributed by atoms with Gasteiger partial charge in [-0.25, -0.2) is 9.07 Å². The first-order valence-electron chi connectivity index (χ1n) is 8.85. The van der Waals surface area contributed by atoms with Crippen molar-refractivity contribution in [3.05, 3.63) is 53.1 Å². The fourth-order valence-corrected chi connectivity index (χ4v) is 4.09. The van der Waals surface area contributed by atoms with Crippen LogP contribution in [0.15, 0.2) is 36.0 Å². The van der Waals surface area contributed by atoms with Gasteiger partial charge < -0.3 is 4.74 Å². The average Bonchev–Trinajstić information content (AvgIpc) is 3.03. The smallest absolute Gasteiger partial charge is 0.316 e. The van der Waals surface area contributed by atoms with Crippen molar-refractivity contribution in [2.75, 3.05) is 6.61 Å². The molecule has 4 rings (SSSR count). The first-order valence-corrected chi connectivity index (χ1v) is 8.85. The zero-order valence-corrected chi connectivity index (χ0v) is 14.3. The molecule has 0 unspecified atom stereocenters. The Kier molecular flexibility index (Phi) is 3.94. The lowest BCUT2D eigenvalue weighted by Gasteiger charge is -2.39. The van der Waals surface area contributed by atoms with Crippen LogP contribution in [0, 0.1) is 11.2 Å². The summed E-state index contributed by atoms with van der Waals surface area (Å²) in [5.41, 5.74) is 3.47. The van der Waals surface area contributed by atoms with Crippen LogP contribution in [0.4, 0.5) is 4.39 Å². The van der Waals surface area contributed by atoms with E-state index in [0.717, 1.165) is 48.2 Å². The highest BCUT2D eigenvalue weighted by Crippen LogP contribution is 2.48. The quantitative estimate of drug-likeness (QED) is 0.791. The highest BCUT2D eigenvalue weighted by atomic mass is 19.1. The van der Waals surface area contributed by atoms with Crippen molar-refractivity contribution in [3.63, 3.8) is 0 Å². The largest absolute Gasteiger partial charge is 0.465 e. The number of esters is 1. The summed E-state index contributed by atoms with van der Waals surface area (Å²) in [6.07, 6.45) is 8.43. The van der Waals surface area contributed by atoms with E-state index in [4.69, 9.17) is 4.74 Å². The van der Waals surface area contributed by atoms with Crippen molar-refractivity contribution in [3.8, 4) is 5.69 Å². The molecule has 0 spiro atoms. The highest BCUT2D eigenvalue weighted by molar-refractivity contribution is 5.85. The highest BCUT2D eigenvalue weighted by Gasteiger charge is 2.47. The zero-order chi connectivity index (χ0) is 17.4. The normalized spacial score (nSPS) is 21.9. The molecule has 0 bridgehead atoms. The van der Waals surface area contributed by atoms with E-state index < -0.39 is 5.41 Å². The fourth-order valence-electron chi connectivity index (χ4n) is 4.09. The molecule has 0 saturated heterocycles. The monoisotopic (exact) mass is 340 g/mol. The minimum Gasteiger partial charge on any atom is -0.465 e. The van der Waals surface area contributed by atoms with E-state index in [1.807, 2.05) is 17.8 Å². The molecule has 1 fully saturated rings. The van der Waals surface area contributed by atoms with E-state index in [1.54, 1.807) is 12.1 Å². The molecule has 5 heteroatoms. The van der Waals surface area contributed by atoms with Crippen LogP contribution >= 0.6 is 0 Å². The van der Waals surface area contributed by atoms with Crippen LogP contribution in [0.2, 0.25) is 0 Å². The van der Waals surface area contributed by atoms with Gasteiger partial charge in [0.15, 0.2) is 0 Å². The second-order valence-corrected chi connectivity index (χ2v) is 6.80. The van der Waals surface area contributed by atoms with Gasteiger partial charge in [0.1, 0.15) is 5.82 Å². The predicted octanol–water partition coefficient (Wildman–Crippen LogP) is 4.07. The summed E-state index contributed by atoms with van der Waals surface area (Å²) in [4.78, 5) is 12.7. The van der Waals surface area contributed by atoms with Gasteiger partial charge in [-0.05, 0) is 68.5 Å². The maximum atomic E-state index is 13.2. The molecule has 130 valence electrons. The predicted molar refractivity (Wildman–Crippen MR) is 92.7 cm³/mol. The number of carbonyl (C=O) groups is 1. The van der Waals surface area contributed by atoms with Crippen LogP contribution in [0.1, 0.15) is 43.9 Å². The number of aromatic nitrogens is 2. The first-order chi connectivity index (χ1) is 12.1. The van der Waals surface area contributed by atoms with E-state index in [9.17, 15) is 9.18 Å². The van der Waals surface area contributed by atoms with E-state index in [0.29, 0.717) is 13.0 Å². The maximum absolute atomic E-state index is 13.2. The molecule has 1 saturated carbocycles. The molecule has 0 aliphatic heterocycles. The molecule has 2 aromatic rings. The Morgan fingerprint density at radius 3 is 2.88 bits per heavy atom. The Bertz CT molecular complexity index is 838. The number of hydrogen-bond acceptors (Lipinski definition) is 3. The van der Waals surface area contributed by atoms with Gasteiger partial charge >= 0.3 is 5.97 Å². The molecule has 0 radical (unpaired) electrons. The molecule has 2 aliphatic carbocycles. The second kappa shape index (κ2) is 6.14. The van der Waals surface area contributed by atoms with Gasteiger partial charge in [-0.15, -0.1) is 0 Å². The van der Waals surface area contributed by atoms with Crippen LogP contribution < -0.4 is 0 Å². The van der Waals surface area contributed by atoms with Gasteiger partial charge in [-0.3, -0.25) is 4.79 Å². The molecular weight excluding hydrogens is 319 g/mol. The van der Waals surface area contributed by atoms with E-state index in [-0.39, 0.29) is 11.8 Å². The van der Waals surface area contributed by atoms with E-state index >= 15 is 0 Å². The van der Waals surface area contributed by atoms with Crippen molar-refractivity contribution in [1.82, 2.24) is 9.78 Å². The van der Waals surface area contributed by atoms with Gasteiger partial charge in [0.25, 0.3) is 0 Å². The number of hydrogen-bond donors (Lipinski definition) is 0. The molecule has 4 nitrogen and oxygen atoms in total. The molecule has 25 heavy (non-hydrogen) atoms. The number of rotatable bonds is 3. The summed E-state index contributed by atoms with van der Waals surface area (Å²) >= 11 is 0. The number of carbonyl (C=O) groups excluding carboxylic acids is 1. The van der Waals surface area contributed by atoms with Crippen molar-refractivity contribution < 1.29 is 13.9 Å². The maximum Gasteiger partial charge on any atom is 0.316 e. The van der Waals surface area contributed by atoms with Crippen molar-refractivity contribution in [2.24, 2.45) is 5.41 Å². The van der Waals surface area contributed by atoms with Crippen molar-refractivity contribution in [2.45, 2.75) is 39.0 Å². The van der Waals surface area contributed by atoms with Crippen LogP contribution in [-0.2, 0) is 16.0 Å². The SMILES string of the molecule is CCOC(=O)[C@@]12CCCCC1=Cc1c(cnn1-c1ccc(F)cc1)C2. The number of nitrogens with zero attached hydrogens (tertiary/aromatic N) is 2. The van der Waals surface area contributed by atoms with E-state index in [2.05, 4.69) is 11.2 Å². The average molecular weight is 340 g/mol. The van der Waals surface area contributed by atoms with Gasteiger partial charge in [0.2, 0.25) is 0 Å². The fraction of sp³-hybridized carbons (Fsp3) is 0.400. The minimum atomic E-state index is -0.530. The van der Waals surface area contributed by atoms with Gasteiger partial charge in [-0.1, -0.05) is 12.0 Å². The summed E-state index contributed by atoms with van der Waals surface area (Å²) in [6, 6.07) is 6.30. The lowest BCUT2D eigenvalue weighted by Crippen LogP contribution is -2.40. The summed E-state index contributed by atoms with van der Waals surface area (Å²) < 4.78 is 20.4. The Hall–Kier alpha value is -2.43. The van der Waals surface area contributed by atoms with Gasteiger partial charge in [-0.2, -0.15) is 5.10 Å². The number of halogens is 1. The van der Waals surface area contributed by atoms with Crippen LogP contribution in [-0.4, -0.2) is 22.4 Å². The third-order valence-electron chi connectivity index (χ3n) is 5.34. The number of benzene rings is 1. The lowest BCUT2D eigenvalue weighted by atomic mass is 9.64. The summed E-state index contributed by atoms with van der Waals surface area (Å²) in [5.74, 6) is -0.377. The Morgan fingerprint density at radius 2 is 2.12 bits per heavy atom. The second-order valence-electron chi connectivity index (χ2n) is 6.80. The van der Waals surface area contributed by atoms with Crippen LogP contribution in [0.25, 0.3) is 11.8 Å². The summed E-state index contributed by atoms with van der Waals surface area (Å²) in [7, 11) is 0. The molecule has 1 aromatic heterocycles. The number of fused-ring (bicyclic) bond motifs is 2. The lowest BCUT2D eigenvalue weighted by molar-refractivity contribution is -0.154. The van der Waals surface area contributed by atoms with Gasteiger partial charge in [0.05, 0.1) is 29.6 Å². The molecule has 2 aliphatic rings. The Balaban J connectivity index is 1.78.